The van der Waals surface area contributed by atoms with Gasteiger partial charge in [0.25, 0.3) is 11.8 Å². The fraction of sp³-hybridized carbons (Fsp3) is 0.750. The zero-order valence-electron chi connectivity index (χ0n) is 7.71. The molecule has 14 heavy (non-hydrogen) atoms. The molecule has 0 unspecified atom stereocenters. The zero-order chi connectivity index (χ0) is 10.6. The molecular formula is C8H12Br2N2O2. The van der Waals surface area contributed by atoms with Crippen LogP contribution < -0.4 is 0 Å². The Morgan fingerprint density at radius 1 is 0.929 bits per heavy atom. The Kier molecular flexibility index (Phi) is 4.88. The lowest BCUT2D eigenvalue weighted by Crippen LogP contribution is -2.53. The third-order valence-corrected chi connectivity index (χ3v) is 3.05. The predicted octanol–water partition coefficient (Wildman–Crippen LogP) is 1.14. The first-order chi connectivity index (χ1) is 6.70. The summed E-state index contributed by atoms with van der Waals surface area (Å²) in [6, 6.07) is 0. The van der Waals surface area contributed by atoms with Crippen LogP contribution in [0.1, 0.15) is 12.8 Å². The van der Waals surface area contributed by atoms with Crippen LogP contribution in [0.15, 0.2) is 0 Å². The van der Waals surface area contributed by atoms with Crippen molar-refractivity contribution in [2.75, 3.05) is 23.7 Å². The molecule has 1 heterocycles. The normalized spacial score (nSPS) is 17.0. The molecule has 80 valence electrons. The van der Waals surface area contributed by atoms with Gasteiger partial charge in [-0.2, -0.15) is 0 Å². The molecule has 1 saturated heterocycles. The minimum Gasteiger partial charge on any atom is -0.272 e. The molecule has 0 aromatic carbocycles. The van der Waals surface area contributed by atoms with E-state index in [1.54, 1.807) is 0 Å². The predicted molar refractivity (Wildman–Crippen MR) is 60.2 cm³/mol. The number of nitrogens with zero attached hydrogens (tertiary/aromatic N) is 2. The van der Waals surface area contributed by atoms with Gasteiger partial charge in [-0.3, -0.25) is 19.6 Å². The Balaban J connectivity index is 2.68. The van der Waals surface area contributed by atoms with E-state index in [9.17, 15) is 9.59 Å². The molecule has 2 amide bonds. The van der Waals surface area contributed by atoms with E-state index in [-0.39, 0.29) is 22.5 Å². The number of hydrogen-bond donors (Lipinski definition) is 0. The van der Waals surface area contributed by atoms with Gasteiger partial charge >= 0.3 is 0 Å². The lowest BCUT2D eigenvalue weighted by molar-refractivity contribution is -0.164. The smallest absolute Gasteiger partial charge is 0.251 e. The lowest BCUT2D eigenvalue weighted by Gasteiger charge is -2.37. The minimum absolute atomic E-state index is 0.0565. The van der Waals surface area contributed by atoms with E-state index in [2.05, 4.69) is 31.9 Å². The highest BCUT2D eigenvalue weighted by atomic mass is 79.9. The summed E-state index contributed by atoms with van der Waals surface area (Å²) in [5.41, 5.74) is 0. The van der Waals surface area contributed by atoms with Crippen LogP contribution in [-0.4, -0.2) is 45.6 Å². The molecule has 1 fully saturated rings. The monoisotopic (exact) mass is 326 g/mol. The van der Waals surface area contributed by atoms with E-state index in [4.69, 9.17) is 0 Å². The number of hydrogen-bond acceptors (Lipinski definition) is 2. The summed E-state index contributed by atoms with van der Waals surface area (Å²) in [6.07, 6.45) is 1.93. The van der Waals surface area contributed by atoms with Crippen molar-refractivity contribution in [3.63, 3.8) is 0 Å². The number of carbonyl (C=O) groups excluding carboxylic acids is 2. The number of amides is 2. The Morgan fingerprint density at radius 2 is 1.29 bits per heavy atom. The number of halogens is 2. The lowest BCUT2D eigenvalue weighted by atomic mass is 10.2. The van der Waals surface area contributed by atoms with Crippen molar-refractivity contribution in [1.82, 2.24) is 10.0 Å². The van der Waals surface area contributed by atoms with Gasteiger partial charge in [0.2, 0.25) is 0 Å². The fourth-order valence-electron chi connectivity index (χ4n) is 1.42. The number of carbonyl (C=O) groups is 2. The first-order valence-corrected chi connectivity index (χ1v) is 6.67. The molecule has 0 radical (unpaired) electrons. The summed E-state index contributed by atoms with van der Waals surface area (Å²) < 4.78 is 0. The van der Waals surface area contributed by atoms with E-state index < -0.39 is 0 Å². The molecule has 6 heteroatoms. The van der Waals surface area contributed by atoms with Gasteiger partial charge in [0.15, 0.2) is 0 Å². The SMILES string of the molecule is O=C(CBr)N1CCCCN1C(=O)CBr. The molecule has 4 nitrogen and oxygen atoms in total. The maximum absolute atomic E-state index is 11.5. The van der Waals surface area contributed by atoms with Crippen LogP contribution in [0, 0.1) is 0 Å². The van der Waals surface area contributed by atoms with Gasteiger partial charge in [-0.25, -0.2) is 0 Å². The van der Waals surface area contributed by atoms with E-state index in [1.807, 2.05) is 0 Å². The van der Waals surface area contributed by atoms with Gasteiger partial charge in [-0.05, 0) is 12.8 Å². The van der Waals surface area contributed by atoms with Gasteiger partial charge < -0.3 is 0 Å². The largest absolute Gasteiger partial charge is 0.272 e. The summed E-state index contributed by atoms with van der Waals surface area (Å²) in [4.78, 5) is 22.9. The van der Waals surface area contributed by atoms with E-state index in [0.29, 0.717) is 13.1 Å². The van der Waals surface area contributed by atoms with Crippen LogP contribution in [0.4, 0.5) is 0 Å². The molecule has 0 aromatic rings. The number of rotatable bonds is 2. The summed E-state index contributed by atoms with van der Waals surface area (Å²) in [5, 5.41) is 3.59. The molecule has 1 rings (SSSR count). The van der Waals surface area contributed by atoms with Crippen LogP contribution in [0.2, 0.25) is 0 Å². The van der Waals surface area contributed by atoms with Crippen molar-refractivity contribution in [3.05, 3.63) is 0 Å². The molecule has 0 aliphatic carbocycles. The maximum Gasteiger partial charge on any atom is 0.251 e. The Bertz CT molecular complexity index is 211. The minimum atomic E-state index is -0.0565. The van der Waals surface area contributed by atoms with Crippen LogP contribution in [0.3, 0.4) is 0 Å². The van der Waals surface area contributed by atoms with Crippen LogP contribution in [0.25, 0.3) is 0 Å². The summed E-state index contributed by atoms with van der Waals surface area (Å²) in [5.74, 6) is -0.113. The van der Waals surface area contributed by atoms with E-state index in [1.165, 1.54) is 10.0 Å². The average Bonchev–Trinajstić information content (AvgIpc) is 2.27. The van der Waals surface area contributed by atoms with Gasteiger partial charge in [-0.15, -0.1) is 0 Å². The Hall–Kier alpha value is -0.100. The van der Waals surface area contributed by atoms with Gasteiger partial charge in [-0.1, -0.05) is 31.9 Å². The third-order valence-electron chi connectivity index (χ3n) is 2.09. The standard InChI is InChI=1S/C8H12Br2N2O2/c9-5-7(13)11-3-1-2-4-12(11)8(14)6-10/h1-6H2. The van der Waals surface area contributed by atoms with Crippen LogP contribution >= 0.6 is 31.9 Å². The first kappa shape index (κ1) is 12.0. The Labute approximate surface area is 99.8 Å². The molecule has 0 saturated carbocycles. The highest BCUT2D eigenvalue weighted by molar-refractivity contribution is 9.09. The van der Waals surface area contributed by atoms with Gasteiger partial charge in [0.1, 0.15) is 0 Å². The quantitative estimate of drug-likeness (QED) is 0.714. The molecule has 1 aliphatic heterocycles. The van der Waals surface area contributed by atoms with Crippen molar-refractivity contribution in [1.29, 1.82) is 0 Å². The molecule has 0 spiro atoms. The van der Waals surface area contributed by atoms with Crippen molar-refractivity contribution >= 4 is 43.7 Å². The van der Waals surface area contributed by atoms with Crippen molar-refractivity contribution in [3.8, 4) is 0 Å². The highest BCUT2D eigenvalue weighted by Gasteiger charge is 2.26. The number of alkyl halides is 2. The van der Waals surface area contributed by atoms with Gasteiger partial charge in [0.05, 0.1) is 10.7 Å². The van der Waals surface area contributed by atoms with Crippen LogP contribution in [0.5, 0.6) is 0 Å². The molecule has 0 aromatic heterocycles. The van der Waals surface area contributed by atoms with Crippen molar-refractivity contribution in [2.45, 2.75) is 12.8 Å². The second-order valence-electron chi connectivity index (χ2n) is 3.01. The molecule has 0 bridgehead atoms. The maximum atomic E-state index is 11.5. The molecule has 1 aliphatic rings. The first-order valence-electron chi connectivity index (χ1n) is 4.43. The fourth-order valence-corrected chi connectivity index (χ4v) is 2.00. The molecule has 0 atom stereocenters. The molecular weight excluding hydrogens is 316 g/mol. The summed E-state index contributed by atoms with van der Waals surface area (Å²) in [7, 11) is 0. The number of hydrazine groups is 1. The van der Waals surface area contributed by atoms with Crippen molar-refractivity contribution in [2.24, 2.45) is 0 Å². The molecule has 0 N–H and O–H groups in total. The third kappa shape index (κ3) is 2.70. The second kappa shape index (κ2) is 5.70. The van der Waals surface area contributed by atoms with E-state index >= 15 is 0 Å². The second-order valence-corrected chi connectivity index (χ2v) is 4.13. The zero-order valence-corrected chi connectivity index (χ0v) is 10.9. The van der Waals surface area contributed by atoms with Crippen molar-refractivity contribution < 1.29 is 9.59 Å². The topological polar surface area (TPSA) is 40.6 Å². The average molecular weight is 328 g/mol. The highest BCUT2D eigenvalue weighted by Crippen LogP contribution is 2.12. The Morgan fingerprint density at radius 3 is 1.57 bits per heavy atom. The van der Waals surface area contributed by atoms with E-state index in [0.717, 1.165) is 12.8 Å². The van der Waals surface area contributed by atoms with Crippen LogP contribution in [-0.2, 0) is 9.59 Å². The van der Waals surface area contributed by atoms with Gasteiger partial charge in [0, 0.05) is 13.1 Å². The summed E-state index contributed by atoms with van der Waals surface area (Å²) >= 11 is 6.22. The summed E-state index contributed by atoms with van der Waals surface area (Å²) in [6.45, 7) is 1.28.